The van der Waals surface area contributed by atoms with Crippen molar-refractivity contribution in [2.75, 3.05) is 49.1 Å². The predicted molar refractivity (Wildman–Crippen MR) is 75.4 cm³/mol. The lowest BCUT2D eigenvalue weighted by molar-refractivity contribution is -0.118. The highest BCUT2D eigenvalue weighted by molar-refractivity contribution is 5.52. The predicted octanol–water partition coefficient (Wildman–Crippen LogP) is 0.601. The molecule has 0 radical (unpaired) electrons. The van der Waals surface area contributed by atoms with Crippen molar-refractivity contribution >= 4 is 18.0 Å². The molecule has 2 heterocycles. The Morgan fingerprint density at radius 2 is 1.89 bits per heavy atom. The van der Waals surface area contributed by atoms with E-state index in [1.807, 2.05) is 6.07 Å². The van der Waals surface area contributed by atoms with Crippen molar-refractivity contribution in [3.05, 3.63) is 12.4 Å². The van der Waals surface area contributed by atoms with Crippen LogP contribution in [0.25, 0.3) is 0 Å². The molecule has 1 aromatic rings. The molecule has 2 rings (SSSR count). The van der Waals surface area contributed by atoms with Gasteiger partial charge < -0.3 is 14.7 Å². The van der Waals surface area contributed by atoms with Crippen LogP contribution in [0.2, 0.25) is 0 Å². The molecule has 0 aromatic carbocycles. The summed E-state index contributed by atoms with van der Waals surface area (Å²) in [5, 5.41) is 0. The summed E-state index contributed by atoms with van der Waals surface area (Å²) in [6, 6.07) is 2.03. The third kappa shape index (κ3) is 3.13. The lowest BCUT2D eigenvalue weighted by atomic mass is 10.3. The minimum atomic E-state index is 0.758. The zero-order valence-electron chi connectivity index (χ0n) is 11.6. The van der Waals surface area contributed by atoms with Crippen molar-refractivity contribution in [2.24, 2.45) is 0 Å². The molecule has 0 aliphatic carbocycles. The van der Waals surface area contributed by atoms with Gasteiger partial charge in [-0.05, 0) is 13.8 Å². The second-order valence-corrected chi connectivity index (χ2v) is 4.54. The molecule has 1 aliphatic heterocycles. The van der Waals surface area contributed by atoms with Gasteiger partial charge in [0.05, 0.1) is 0 Å². The lowest BCUT2D eigenvalue weighted by Crippen LogP contribution is -2.46. The average molecular weight is 263 g/mol. The number of carbonyl (C=O) groups is 1. The van der Waals surface area contributed by atoms with E-state index in [1.54, 1.807) is 11.2 Å². The van der Waals surface area contributed by atoms with Crippen molar-refractivity contribution in [2.45, 2.75) is 13.8 Å². The molecular formula is C13H21N5O. The number of amides is 1. The maximum atomic E-state index is 10.7. The van der Waals surface area contributed by atoms with E-state index in [0.717, 1.165) is 57.3 Å². The topological polar surface area (TPSA) is 52.6 Å². The summed E-state index contributed by atoms with van der Waals surface area (Å²) in [6.45, 7) is 9.28. The number of rotatable bonds is 5. The van der Waals surface area contributed by atoms with E-state index < -0.39 is 0 Å². The molecule has 19 heavy (non-hydrogen) atoms. The Hall–Kier alpha value is -1.85. The standard InChI is InChI=1S/C13H21N5O/c1-3-17(4-2)12-9-13(15-10-14-12)18-7-5-16(11-19)6-8-18/h9-11H,3-8H2,1-2H3. The van der Waals surface area contributed by atoms with E-state index >= 15 is 0 Å². The summed E-state index contributed by atoms with van der Waals surface area (Å²) >= 11 is 0. The summed E-state index contributed by atoms with van der Waals surface area (Å²) in [7, 11) is 0. The van der Waals surface area contributed by atoms with Gasteiger partial charge in [-0.3, -0.25) is 4.79 Å². The molecule has 6 nitrogen and oxygen atoms in total. The molecule has 0 bridgehead atoms. The summed E-state index contributed by atoms with van der Waals surface area (Å²) in [5.74, 6) is 1.91. The number of hydrogen-bond donors (Lipinski definition) is 0. The second kappa shape index (κ2) is 6.36. The van der Waals surface area contributed by atoms with E-state index in [0.29, 0.717) is 0 Å². The van der Waals surface area contributed by atoms with E-state index in [1.165, 1.54) is 0 Å². The molecule has 1 aliphatic rings. The molecule has 1 aromatic heterocycles. The van der Waals surface area contributed by atoms with Crippen molar-refractivity contribution in [3.8, 4) is 0 Å². The van der Waals surface area contributed by atoms with Crippen LogP contribution in [0.1, 0.15) is 13.8 Å². The van der Waals surface area contributed by atoms with Gasteiger partial charge in [0.25, 0.3) is 0 Å². The molecule has 0 N–H and O–H groups in total. The van der Waals surface area contributed by atoms with E-state index in [4.69, 9.17) is 0 Å². The quantitative estimate of drug-likeness (QED) is 0.728. The zero-order chi connectivity index (χ0) is 13.7. The van der Waals surface area contributed by atoms with Gasteiger partial charge in [-0.25, -0.2) is 9.97 Å². The Morgan fingerprint density at radius 1 is 1.21 bits per heavy atom. The summed E-state index contributed by atoms with van der Waals surface area (Å²) in [6.07, 6.45) is 2.54. The van der Waals surface area contributed by atoms with E-state index in [9.17, 15) is 4.79 Å². The Balaban J connectivity index is 2.08. The first-order chi connectivity index (χ1) is 9.28. The smallest absolute Gasteiger partial charge is 0.209 e. The maximum absolute atomic E-state index is 10.7. The lowest BCUT2D eigenvalue weighted by Gasteiger charge is -2.33. The molecule has 1 amide bonds. The molecule has 1 fully saturated rings. The normalized spacial score (nSPS) is 15.5. The number of nitrogens with zero attached hydrogens (tertiary/aromatic N) is 5. The fourth-order valence-electron chi connectivity index (χ4n) is 2.29. The monoisotopic (exact) mass is 263 g/mol. The number of anilines is 2. The summed E-state index contributed by atoms with van der Waals surface area (Å²) in [4.78, 5) is 25.6. The average Bonchev–Trinajstić information content (AvgIpc) is 2.49. The largest absolute Gasteiger partial charge is 0.357 e. The van der Waals surface area contributed by atoms with Crippen LogP contribution in [0.5, 0.6) is 0 Å². The van der Waals surface area contributed by atoms with Crippen LogP contribution >= 0.6 is 0 Å². The molecule has 0 saturated carbocycles. The Kier molecular flexibility index (Phi) is 4.54. The zero-order valence-corrected chi connectivity index (χ0v) is 11.6. The highest BCUT2D eigenvalue weighted by Crippen LogP contribution is 2.18. The van der Waals surface area contributed by atoms with Crippen LogP contribution in [0.3, 0.4) is 0 Å². The van der Waals surface area contributed by atoms with Gasteiger partial charge >= 0.3 is 0 Å². The summed E-state index contributed by atoms with van der Waals surface area (Å²) in [5.41, 5.74) is 0. The molecule has 0 spiro atoms. The van der Waals surface area contributed by atoms with E-state index in [-0.39, 0.29) is 0 Å². The van der Waals surface area contributed by atoms with Gasteiger partial charge in [0.1, 0.15) is 18.0 Å². The maximum Gasteiger partial charge on any atom is 0.209 e. The second-order valence-electron chi connectivity index (χ2n) is 4.54. The number of hydrogen-bond acceptors (Lipinski definition) is 5. The van der Waals surface area contributed by atoms with Crippen molar-refractivity contribution < 1.29 is 4.79 Å². The molecular weight excluding hydrogens is 242 g/mol. The van der Waals surface area contributed by atoms with Gasteiger partial charge in [-0.1, -0.05) is 0 Å². The Morgan fingerprint density at radius 3 is 2.47 bits per heavy atom. The number of piperazine rings is 1. The number of aromatic nitrogens is 2. The first-order valence-electron chi connectivity index (χ1n) is 6.79. The Labute approximate surface area is 114 Å². The minimum Gasteiger partial charge on any atom is -0.357 e. The van der Waals surface area contributed by atoms with Crippen LogP contribution in [-0.4, -0.2) is 60.5 Å². The number of carbonyl (C=O) groups excluding carboxylic acids is 1. The fourth-order valence-corrected chi connectivity index (χ4v) is 2.29. The highest BCUT2D eigenvalue weighted by atomic mass is 16.1. The first-order valence-corrected chi connectivity index (χ1v) is 6.79. The molecule has 0 unspecified atom stereocenters. The van der Waals surface area contributed by atoms with Crippen molar-refractivity contribution in [1.82, 2.24) is 14.9 Å². The summed E-state index contributed by atoms with van der Waals surface area (Å²) < 4.78 is 0. The van der Waals surface area contributed by atoms with Crippen molar-refractivity contribution in [3.63, 3.8) is 0 Å². The van der Waals surface area contributed by atoms with Crippen LogP contribution in [-0.2, 0) is 4.79 Å². The molecule has 1 saturated heterocycles. The molecule has 6 heteroatoms. The van der Waals surface area contributed by atoms with Gasteiger partial charge in [-0.2, -0.15) is 0 Å². The van der Waals surface area contributed by atoms with Gasteiger partial charge in [-0.15, -0.1) is 0 Å². The third-order valence-electron chi connectivity index (χ3n) is 3.51. The SMILES string of the molecule is CCN(CC)c1cc(N2CCN(C=O)CC2)ncn1. The third-order valence-corrected chi connectivity index (χ3v) is 3.51. The fraction of sp³-hybridized carbons (Fsp3) is 0.615. The minimum absolute atomic E-state index is 0.758. The molecule has 0 atom stereocenters. The molecule has 104 valence electrons. The highest BCUT2D eigenvalue weighted by Gasteiger charge is 2.17. The van der Waals surface area contributed by atoms with Gasteiger partial charge in [0.2, 0.25) is 6.41 Å². The van der Waals surface area contributed by atoms with Gasteiger partial charge in [0.15, 0.2) is 0 Å². The van der Waals surface area contributed by atoms with Crippen LogP contribution in [0.15, 0.2) is 12.4 Å². The van der Waals surface area contributed by atoms with E-state index in [2.05, 4.69) is 33.6 Å². The van der Waals surface area contributed by atoms with Crippen LogP contribution in [0.4, 0.5) is 11.6 Å². The van der Waals surface area contributed by atoms with Crippen molar-refractivity contribution in [1.29, 1.82) is 0 Å². The van der Waals surface area contributed by atoms with Crippen LogP contribution in [0, 0.1) is 0 Å². The van der Waals surface area contributed by atoms with Crippen LogP contribution < -0.4 is 9.80 Å². The Bertz CT molecular complexity index is 413. The van der Waals surface area contributed by atoms with Gasteiger partial charge in [0, 0.05) is 45.3 Å². The first kappa shape index (κ1) is 13.6.